The van der Waals surface area contributed by atoms with Crippen molar-refractivity contribution in [2.45, 2.75) is 69.0 Å². The summed E-state index contributed by atoms with van der Waals surface area (Å²) in [5, 5.41) is 23.4. The largest absolute Gasteiger partial charge is 0.392 e. The Labute approximate surface area is 156 Å². The van der Waals surface area contributed by atoms with E-state index in [1.54, 1.807) is 0 Å². The van der Waals surface area contributed by atoms with E-state index < -0.39 is 0 Å². The quantitative estimate of drug-likeness (QED) is 0.799. The lowest BCUT2D eigenvalue weighted by Gasteiger charge is -2.67. The highest BCUT2D eigenvalue weighted by Gasteiger charge is 2.82. The SMILES string of the molecule is CC[C@H]1[C@@H]2C[C@@H]3[C@@H]4N(C)c5ccccc5[C@]45C[C@@H]([C@@H]2[C@@H]5O)[N+]3(CC)[C@@H]1O. The van der Waals surface area contributed by atoms with Crippen LogP contribution in [0.4, 0.5) is 5.69 Å². The number of anilines is 1. The van der Waals surface area contributed by atoms with Crippen molar-refractivity contribution in [2.24, 2.45) is 17.8 Å². The van der Waals surface area contributed by atoms with Gasteiger partial charge in [0.15, 0.2) is 6.23 Å². The van der Waals surface area contributed by atoms with Crippen molar-refractivity contribution < 1.29 is 14.7 Å². The molecule has 5 bridgehead atoms. The van der Waals surface area contributed by atoms with Crippen molar-refractivity contribution >= 4 is 5.69 Å². The molecule has 140 valence electrons. The smallest absolute Gasteiger partial charge is 0.194 e. The van der Waals surface area contributed by atoms with Gasteiger partial charge in [0.25, 0.3) is 0 Å². The number of hydrogen-bond acceptors (Lipinski definition) is 3. The number of nitrogens with zero attached hydrogens (tertiary/aromatic N) is 2. The minimum Gasteiger partial charge on any atom is -0.392 e. The lowest BCUT2D eigenvalue weighted by Crippen LogP contribution is -2.82. The molecule has 4 heteroatoms. The van der Waals surface area contributed by atoms with Crippen molar-refractivity contribution in [1.29, 1.82) is 0 Å². The molecule has 10 atom stereocenters. The van der Waals surface area contributed by atoms with E-state index in [0.29, 0.717) is 35.9 Å². The van der Waals surface area contributed by atoms with Crippen LogP contribution in [0, 0.1) is 17.8 Å². The van der Waals surface area contributed by atoms with Crippen LogP contribution in [0.15, 0.2) is 24.3 Å². The normalized spacial score (nSPS) is 55.3. The molecule has 0 aromatic heterocycles. The van der Waals surface area contributed by atoms with E-state index in [2.05, 4.69) is 50.1 Å². The van der Waals surface area contributed by atoms with E-state index in [1.165, 1.54) is 17.7 Å². The Bertz CT molecular complexity index is 783. The summed E-state index contributed by atoms with van der Waals surface area (Å²) in [5.74, 6) is 1.18. The van der Waals surface area contributed by atoms with E-state index in [9.17, 15) is 10.2 Å². The highest BCUT2D eigenvalue weighted by Crippen LogP contribution is 2.71. The Morgan fingerprint density at radius 1 is 1.19 bits per heavy atom. The van der Waals surface area contributed by atoms with Gasteiger partial charge in [-0.05, 0) is 30.9 Å². The summed E-state index contributed by atoms with van der Waals surface area (Å²) in [5.41, 5.74) is 2.55. The molecule has 2 N–H and O–H groups in total. The lowest BCUT2D eigenvalue weighted by atomic mass is 9.60. The van der Waals surface area contributed by atoms with Crippen LogP contribution in [0.3, 0.4) is 0 Å². The molecule has 26 heavy (non-hydrogen) atoms. The van der Waals surface area contributed by atoms with Gasteiger partial charge in [-0.2, -0.15) is 0 Å². The van der Waals surface area contributed by atoms with E-state index in [-0.39, 0.29) is 17.7 Å². The average molecular weight is 356 g/mol. The third-order valence-electron chi connectivity index (χ3n) is 9.67. The van der Waals surface area contributed by atoms with Crippen molar-refractivity contribution in [1.82, 2.24) is 0 Å². The third-order valence-corrected chi connectivity index (χ3v) is 9.67. The number of hydrogen-bond donors (Lipinski definition) is 2. The maximum absolute atomic E-state index is 11.8. The summed E-state index contributed by atoms with van der Waals surface area (Å²) in [4.78, 5) is 2.46. The Morgan fingerprint density at radius 2 is 1.96 bits per heavy atom. The zero-order valence-electron chi connectivity index (χ0n) is 16.0. The summed E-state index contributed by atoms with van der Waals surface area (Å²) >= 11 is 0. The van der Waals surface area contributed by atoms with Gasteiger partial charge in [-0.1, -0.05) is 25.1 Å². The highest BCUT2D eigenvalue weighted by atomic mass is 16.3. The zero-order chi connectivity index (χ0) is 18.0. The first-order valence-electron chi connectivity index (χ1n) is 10.6. The molecule has 0 radical (unpaired) electrons. The number of aliphatic hydroxyl groups is 2. The number of aliphatic hydroxyl groups excluding tert-OH is 2. The molecule has 1 spiro atoms. The fourth-order valence-electron chi connectivity index (χ4n) is 9.03. The van der Waals surface area contributed by atoms with Gasteiger partial charge in [0.1, 0.15) is 6.04 Å². The Balaban J connectivity index is 1.63. The summed E-state index contributed by atoms with van der Waals surface area (Å²) in [7, 11) is 2.22. The molecule has 5 heterocycles. The first-order valence-corrected chi connectivity index (χ1v) is 10.6. The molecule has 7 rings (SSSR count). The maximum Gasteiger partial charge on any atom is 0.194 e. The molecule has 5 fully saturated rings. The van der Waals surface area contributed by atoms with Crippen LogP contribution in [0.2, 0.25) is 0 Å². The Kier molecular flexibility index (Phi) is 2.85. The van der Waals surface area contributed by atoms with Gasteiger partial charge < -0.3 is 15.1 Å². The lowest BCUT2D eigenvalue weighted by molar-refractivity contribution is -1.04. The van der Waals surface area contributed by atoms with Crippen molar-refractivity contribution in [3.8, 4) is 0 Å². The first-order chi connectivity index (χ1) is 12.5. The third kappa shape index (κ3) is 1.30. The molecule has 0 amide bonds. The predicted molar refractivity (Wildman–Crippen MR) is 101 cm³/mol. The Hall–Kier alpha value is -1.10. The van der Waals surface area contributed by atoms with Crippen LogP contribution in [-0.4, -0.2) is 58.7 Å². The van der Waals surface area contributed by atoms with Crippen LogP contribution < -0.4 is 4.90 Å². The van der Waals surface area contributed by atoms with E-state index in [0.717, 1.165) is 23.9 Å². The minimum absolute atomic E-state index is 0.126. The predicted octanol–water partition coefficient (Wildman–Crippen LogP) is 2.09. The average Bonchev–Trinajstić information content (AvgIpc) is 3.04. The number of rotatable bonds is 2. The molecule has 1 aromatic carbocycles. The number of benzene rings is 1. The number of para-hydroxylation sites is 1. The van der Waals surface area contributed by atoms with Gasteiger partial charge in [0.05, 0.1) is 30.1 Å². The summed E-state index contributed by atoms with van der Waals surface area (Å²) in [6.07, 6.45) is 2.71. The van der Waals surface area contributed by atoms with Crippen LogP contribution in [0.25, 0.3) is 0 Å². The van der Waals surface area contributed by atoms with Crippen LogP contribution in [0.5, 0.6) is 0 Å². The summed E-state index contributed by atoms with van der Waals surface area (Å²) in [6.45, 7) is 5.48. The van der Waals surface area contributed by atoms with Crippen LogP contribution >= 0.6 is 0 Å². The van der Waals surface area contributed by atoms with Crippen LogP contribution in [0.1, 0.15) is 38.7 Å². The van der Waals surface area contributed by atoms with Crippen LogP contribution in [-0.2, 0) is 5.41 Å². The van der Waals surface area contributed by atoms with Gasteiger partial charge in [0.2, 0.25) is 0 Å². The summed E-state index contributed by atoms with van der Waals surface area (Å²) in [6, 6.07) is 9.93. The number of piperidine rings is 4. The molecular weight excluding hydrogens is 324 g/mol. The molecule has 1 saturated carbocycles. The standard InChI is InChI=1S/C22H31N2O2/c1-4-12-13-10-16-19-22(14-8-6-7-9-15(14)23(19)3)11-17(18(13)20(22)25)24(16,5-2)21(12)26/h6-9,12-13,16-21,25-26H,4-5,10-11H2,1-3H3/q+1/t12-,13-,16+,17-,18+,19-,20-,21+,22+,24?/m0/s1. The molecule has 4 nitrogen and oxygen atoms in total. The van der Waals surface area contributed by atoms with Gasteiger partial charge in [-0.3, -0.25) is 4.48 Å². The number of likely N-dealkylation sites (N-methyl/N-ethyl adjacent to an activating group) is 2. The fourth-order valence-corrected chi connectivity index (χ4v) is 9.03. The second kappa shape index (κ2) is 4.65. The molecule has 1 unspecified atom stereocenters. The molecule has 4 saturated heterocycles. The van der Waals surface area contributed by atoms with E-state index >= 15 is 0 Å². The monoisotopic (exact) mass is 355 g/mol. The Morgan fingerprint density at radius 3 is 2.69 bits per heavy atom. The van der Waals surface area contributed by atoms with E-state index in [1.807, 2.05) is 0 Å². The van der Waals surface area contributed by atoms with Crippen molar-refractivity contribution in [3.63, 3.8) is 0 Å². The first kappa shape index (κ1) is 15.9. The molecule has 6 aliphatic rings. The minimum atomic E-state index is -0.272. The van der Waals surface area contributed by atoms with Gasteiger partial charge >= 0.3 is 0 Å². The molecular formula is C22H31N2O2+. The molecule has 5 aliphatic heterocycles. The van der Waals surface area contributed by atoms with E-state index in [4.69, 9.17) is 0 Å². The van der Waals surface area contributed by atoms with Gasteiger partial charge in [-0.25, -0.2) is 0 Å². The van der Waals surface area contributed by atoms with Gasteiger partial charge in [-0.15, -0.1) is 0 Å². The highest BCUT2D eigenvalue weighted by molar-refractivity contribution is 5.66. The summed E-state index contributed by atoms with van der Waals surface area (Å²) < 4.78 is 0.849. The molecule has 1 aromatic rings. The zero-order valence-corrected chi connectivity index (χ0v) is 16.0. The van der Waals surface area contributed by atoms with Crippen molar-refractivity contribution in [3.05, 3.63) is 29.8 Å². The van der Waals surface area contributed by atoms with Gasteiger partial charge in [0, 0.05) is 37.4 Å². The number of quaternary nitrogens is 1. The maximum atomic E-state index is 11.8. The molecule has 1 aliphatic carbocycles. The fraction of sp³-hybridized carbons (Fsp3) is 0.727. The van der Waals surface area contributed by atoms with Crippen molar-refractivity contribution in [2.75, 3.05) is 18.5 Å². The topological polar surface area (TPSA) is 43.7 Å². The second-order valence-corrected chi connectivity index (χ2v) is 9.67. The second-order valence-electron chi connectivity index (χ2n) is 9.67. The number of fused-ring (bicyclic) bond motifs is 2.